The summed E-state index contributed by atoms with van der Waals surface area (Å²) in [5.74, 6) is -1.67. The zero-order valence-electron chi connectivity index (χ0n) is 12.4. The lowest BCUT2D eigenvalue weighted by Crippen LogP contribution is -2.55. The summed E-state index contributed by atoms with van der Waals surface area (Å²) in [5.41, 5.74) is 0. The van der Waals surface area contributed by atoms with E-state index in [2.05, 4.69) is 25.8 Å². The molecule has 1 unspecified atom stereocenters. The van der Waals surface area contributed by atoms with Gasteiger partial charge in [-0.3, -0.25) is 14.5 Å². The van der Waals surface area contributed by atoms with Crippen molar-refractivity contribution in [2.45, 2.75) is 6.04 Å². The van der Waals surface area contributed by atoms with Crippen LogP contribution in [0, 0.1) is 0 Å². The standard InChI is InChI=1S/C12H23N5O4/c1-16-3-4-17(2)9(8-16)5-14-12(21)15-6-10(18)13-7-11(19)20/h9H,3-8H2,1-2H3,(H,13,18)(H,19,20)(H2,14,15,21). The van der Waals surface area contributed by atoms with Crippen LogP contribution in [0.2, 0.25) is 0 Å². The molecule has 0 bridgehead atoms. The number of rotatable bonds is 6. The number of nitrogens with one attached hydrogen (secondary N) is 3. The van der Waals surface area contributed by atoms with Gasteiger partial charge >= 0.3 is 12.0 Å². The van der Waals surface area contributed by atoms with Crippen molar-refractivity contribution in [3.63, 3.8) is 0 Å². The van der Waals surface area contributed by atoms with Gasteiger partial charge in [0.25, 0.3) is 0 Å². The summed E-state index contributed by atoms with van der Waals surface area (Å²) >= 11 is 0. The second-order valence-electron chi connectivity index (χ2n) is 5.13. The Labute approximate surface area is 123 Å². The van der Waals surface area contributed by atoms with Crippen molar-refractivity contribution < 1.29 is 19.5 Å². The van der Waals surface area contributed by atoms with Crippen LogP contribution in [0.4, 0.5) is 4.79 Å². The maximum atomic E-state index is 11.6. The third kappa shape index (κ3) is 6.91. The second kappa shape index (κ2) is 8.42. The van der Waals surface area contributed by atoms with Crippen LogP contribution in [0.3, 0.4) is 0 Å². The Bertz CT molecular complexity index is 390. The summed E-state index contributed by atoms with van der Waals surface area (Å²) in [6.07, 6.45) is 0. The Morgan fingerprint density at radius 2 is 1.81 bits per heavy atom. The lowest BCUT2D eigenvalue weighted by Gasteiger charge is -2.37. The van der Waals surface area contributed by atoms with Gasteiger partial charge in [0.2, 0.25) is 5.91 Å². The molecule has 21 heavy (non-hydrogen) atoms. The highest BCUT2D eigenvalue weighted by Gasteiger charge is 2.22. The number of carboxylic acid groups (broad SMARTS) is 1. The fourth-order valence-electron chi connectivity index (χ4n) is 1.99. The largest absolute Gasteiger partial charge is 0.480 e. The Balaban J connectivity index is 2.18. The Hall–Kier alpha value is -1.87. The summed E-state index contributed by atoms with van der Waals surface area (Å²) in [4.78, 5) is 37.4. The lowest BCUT2D eigenvalue weighted by molar-refractivity contribution is -0.137. The molecule has 120 valence electrons. The minimum Gasteiger partial charge on any atom is -0.480 e. The van der Waals surface area contributed by atoms with E-state index < -0.39 is 24.5 Å². The highest BCUT2D eigenvalue weighted by atomic mass is 16.4. The van der Waals surface area contributed by atoms with Crippen LogP contribution >= 0.6 is 0 Å². The third-order valence-corrected chi connectivity index (χ3v) is 3.32. The zero-order valence-corrected chi connectivity index (χ0v) is 12.4. The molecule has 9 heteroatoms. The van der Waals surface area contributed by atoms with Crippen molar-refractivity contribution in [2.24, 2.45) is 0 Å². The summed E-state index contributed by atoms with van der Waals surface area (Å²) < 4.78 is 0. The molecule has 3 amide bonds. The number of piperazine rings is 1. The molecule has 1 heterocycles. The van der Waals surface area contributed by atoms with Crippen LogP contribution in [0.15, 0.2) is 0 Å². The fourth-order valence-corrected chi connectivity index (χ4v) is 1.99. The number of hydrogen-bond donors (Lipinski definition) is 4. The molecule has 0 aromatic heterocycles. The predicted molar refractivity (Wildman–Crippen MR) is 76.0 cm³/mol. The molecule has 1 aliphatic heterocycles. The van der Waals surface area contributed by atoms with Gasteiger partial charge in [-0.25, -0.2) is 4.79 Å². The number of aliphatic carboxylic acids is 1. The maximum Gasteiger partial charge on any atom is 0.322 e. The number of amides is 3. The number of urea groups is 1. The van der Waals surface area contributed by atoms with Crippen molar-refractivity contribution >= 4 is 17.9 Å². The van der Waals surface area contributed by atoms with E-state index in [4.69, 9.17) is 5.11 Å². The monoisotopic (exact) mass is 301 g/mol. The van der Waals surface area contributed by atoms with Crippen molar-refractivity contribution in [1.29, 1.82) is 0 Å². The zero-order chi connectivity index (χ0) is 15.8. The average Bonchev–Trinajstić information content (AvgIpc) is 2.43. The summed E-state index contributed by atoms with van der Waals surface area (Å²) in [7, 11) is 4.05. The van der Waals surface area contributed by atoms with Gasteiger partial charge in [0.05, 0.1) is 6.54 Å². The van der Waals surface area contributed by atoms with Crippen LogP contribution < -0.4 is 16.0 Å². The van der Waals surface area contributed by atoms with Crippen LogP contribution in [0.1, 0.15) is 0 Å². The minimum atomic E-state index is -1.13. The second-order valence-corrected chi connectivity index (χ2v) is 5.13. The molecule has 9 nitrogen and oxygen atoms in total. The molecular formula is C12H23N5O4. The molecule has 0 aromatic rings. The first kappa shape index (κ1) is 17.2. The highest BCUT2D eigenvalue weighted by molar-refractivity contribution is 5.86. The molecule has 0 aromatic carbocycles. The maximum absolute atomic E-state index is 11.6. The van der Waals surface area contributed by atoms with E-state index in [-0.39, 0.29) is 12.6 Å². The van der Waals surface area contributed by atoms with Gasteiger partial charge in [-0.05, 0) is 14.1 Å². The van der Waals surface area contributed by atoms with E-state index in [1.165, 1.54) is 0 Å². The number of carbonyl (C=O) groups is 3. The number of carboxylic acids is 1. The molecule has 0 saturated carbocycles. The fraction of sp³-hybridized carbons (Fsp3) is 0.750. The molecule has 1 fully saturated rings. The predicted octanol–water partition coefficient (Wildman–Crippen LogP) is -2.27. The van der Waals surface area contributed by atoms with Gasteiger partial charge in [-0.2, -0.15) is 0 Å². The molecule has 1 aliphatic rings. The van der Waals surface area contributed by atoms with Gasteiger partial charge in [0.15, 0.2) is 0 Å². The Kier molecular flexibility index (Phi) is 6.89. The minimum absolute atomic E-state index is 0.232. The van der Waals surface area contributed by atoms with Gasteiger partial charge in [0.1, 0.15) is 6.54 Å². The molecule has 0 radical (unpaired) electrons. The van der Waals surface area contributed by atoms with Crippen LogP contribution in [-0.4, -0.2) is 92.2 Å². The topological polar surface area (TPSA) is 114 Å². The lowest BCUT2D eigenvalue weighted by atomic mass is 10.2. The van der Waals surface area contributed by atoms with E-state index in [9.17, 15) is 14.4 Å². The van der Waals surface area contributed by atoms with E-state index in [0.717, 1.165) is 19.6 Å². The molecular weight excluding hydrogens is 278 g/mol. The van der Waals surface area contributed by atoms with Gasteiger partial charge in [-0.1, -0.05) is 0 Å². The SMILES string of the molecule is CN1CCN(C)C(CNC(=O)NCC(=O)NCC(=O)O)C1. The quantitative estimate of drug-likeness (QED) is 0.440. The first-order chi connectivity index (χ1) is 9.88. The van der Waals surface area contributed by atoms with Crippen molar-refractivity contribution in [2.75, 3.05) is 53.4 Å². The van der Waals surface area contributed by atoms with Crippen molar-refractivity contribution in [3.8, 4) is 0 Å². The van der Waals surface area contributed by atoms with Gasteiger partial charge in [-0.15, -0.1) is 0 Å². The van der Waals surface area contributed by atoms with Crippen LogP contribution in [0.25, 0.3) is 0 Å². The third-order valence-electron chi connectivity index (χ3n) is 3.32. The van der Waals surface area contributed by atoms with E-state index >= 15 is 0 Å². The molecule has 0 aliphatic carbocycles. The normalized spacial score (nSPS) is 19.8. The van der Waals surface area contributed by atoms with Gasteiger partial charge < -0.3 is 26.0 Å². The van der Waals surface area contributed by atoms with Crippen molar-refractivity contribution in [3.05, 3.63) is 0 Å². The van der Waals surface area contributed by atoms with Crippen LogP contribution in [-0.2, 0) is 9.59 Å². The number of carbonyl (C=O) groups excluding carboxylic acids is 2. The first-order valence-corrected chi connectivity index (χ1v) is 6.77. The summed E-state index contributed by atoms with van der Waals surface area (Å²) in [6.45, 7) is 2.60. The average molecular weight is 301 g/mol. The Morgan fingerprint density at radius 3 is 2.48 bits per heavy atom. The van der Waals surface area contributed by atoms with E-state index in [1.807, 2.05) is 14.1 Å². The van der Waals surface area contributed by atoms with Crippen molar-refractivity contribution in [1.82, 2.24) is 25.8 Å². The number of hydrogen-bond acceptors (Lipinski definition) is 5. The molecule has 1 saturated heterocycles. The summed E-state index contributed by atoms with van der Waals surface area (Å²) in [5, 5.41) is 15.6. The van der Waals surface area contributed by atoms with E-state index in [1.54, 1.807) is 0 Å². The smallest absolute Gasteiger partial charge is 0.322 e. The number of nitrogens with zero attached hydrogens (tertiary/aromatic N) is 2. The molecule has 4 N–H and O–H groups in total. The van der Waals surface area contributed by atoms with Gasteiger partial charge in [0, 0.05) is 32.2 Å². The Morgan fingerprint density at radius 1 is 1.10 bits per heavy atom. The number of likely N-dealkylation sites (N-methyl/N-ethyl adjacent to an activating group) is 2. The highest BCUT2D eigenvalue weighted by Crippen LogP contribution is 2.04. The summed E-state index contributed by atoms with van der Waals surface area (Å²) in [6, 6.07) is -0.211. The molecule has 0 spiro atoms. The van der Waals surface area contributed by atoms with Crippen LogP contribution in [0.5, 0.6) is 0 Å². The molecule has 1 rings (SSSR count). The molecule has 1 atom stereocenters. The van der Waals surface area contributed by atoms with E-state index in [0.29, 0.717) is 6.54 Å². The first-order valence-electron chi connectivity index (χ1n) is 6.77.